The molecular weight excluding hydrogens is 294 g/mol. The van der Waals surface area contributed by atoms with Crippen LogP contribution in [-0.4, -0.2) is 43.7 Å². The number of carbonyl (C=O) groups excluding carboxylic acids is 1. The molecule has 3 aliphatic heterocycles. The van der Waals surface area contributed by atoms with E-state index in [1.165, 1.54) is 6.42 Å². The first-order valence-electron chi connectivity index (χ1n) is 8.49. The number of hydrogen-bond acceptors (Lipinski definition) is 5. The van der Waals surface area contributed by atoms with Crippen molar-refractivity contribution in [3.8, 4) is 11.5 Å². The molecule has 0 bridgehead atoms. The van der Waals surface area contributed by atoms with E-state index < -0.39 is 0 Å². The van der Waals surface area contributed by atoms with Crippen molar-refractivity contribution in [2.75, 3.05) is 32.8 Å². The number of nitrogens with zero attached hydrogens (tertiary/aromatic N) is 1. The van der Waals surface area contributed by atoms with Crippen LogP contribution in [0.15, 0.2) is 18.2 Å². The van der Waals surface area contributed by atoms with Crippen molar-refractivity contribution in [2.45, 2.75) is 25.3 Å². The zero-order valence-corrected chi connectivity index (χ0v) is 13.2. The number of hydrogen-bond donors (Lipinski definition) is 2. The molecule has 23 heavy (non-hydrogen) atoms. The van der Waals surface area contributed by atoms with Gasteiger partial charge in [-0.1, -0.05) is 6.07 Å². The summed E-state index contributed by atoms with van der Waals surface area (Å²) in [6.07, 6.45) is 3.47. The highest BCUT2D eigenvalue weighted by Crippen LogP contribution is 2.35. The van der Waals surface area contributed by atoms with Gasteiger partial charge in [0.15, 0.2) is 11.5 Å². The minimum Gasteiger partial charge on any atom is -0.486 e. The molecule has 0 radical (unpaired) electrons. The minimum atomic E-state index is -0.0735. The van der Waals surface area contributed by atoms with Crippen LogP contribution in [0.2, 0.25) is 0 Å². The van der Waals surface area contributed by atoms with E-state index >= 15 is 0 Å². The Morgan fingerprint density at radius 3 is 2.70 bits per heavy atom. The molecule has 0 aromatic heterocycles. The minimum absolute atomic E-state index is 0.0275. The molecule has 4 rings (SSSR count). The fraction of sp³-hybridized carbons (Fsp3) is 0.588. The van der Waals surface area contributed by atoms with Crippen molar-refractivity contribution in [1.82, 2.24) is 15.8 Å². The summed E-state index contributed by atoms with van der Waals surface area (Å²) in [6.45, 7) is 3.61. The summed E-state index contributed by atoms with van der Waals surface area (Å²) in [4.78, 5) is 14.9. The van der Waals surface area contributed by atoms with E-state index in [4.69, 9.17) is 9.47 Å². The molecule has 2 fully saturated rings. The molecule has 0 aliphatic carbocycles. The normalized spacial score (nSPS) is 27.0. The Labute approximate surface area is 136 Å². The van der Waals surface area contributed by atoms with E-state index in [0.29, 0.717) is 19.8 Å². The summed E-state index contributed by atoms with van der Waals surface area (Å²) in [5, 5.41) is 0. The van der Waals surface area contributed by atoms with Gasteiger partial charge in [-0.05, 0) is 37.0 Å². The van der Waals surface area contributed by atoms with Crippen LogP contribution in [0.3, 0.4) is 0 Å². The Kier molecular flexibility index (Phi) is 4.10. The SMILES string of the molecule is O=C(C1CNNC1c1ccc2c(c1)OCCO2)N1CCCCC1. The Morgan fingerprint density at radius 1 is 1.09 bits per heavy atom. The average Bonchev–Trinajstić information content (AvgIpc) is 3.11. The van der Waals surface area contributed by atoms with Crippen molar-refractivity contribution in [3.63, 3.8) is 0 Å². The quantitative estimate of drug-likeness (QED) is 0.859. The summed E-state index contributed by atoms with van der Waals surface area (Å²) in [7, 11) is 0. The molecule has 1 aromatic carbocycles. The molecule has 6 heteroatoms. The van der Waals surface area contributed by atoms with Crippen LogP contribution in [0.25, 0.3) is 0 Å². The molecule has 6 nitrogen and oxygen atoms in total. The number of benzene rings is 1. The van der Waals surface area contributed by atoms with Gasteiger partial charge in [-0.2, -0.15) is 0 Å². The van der Waals surface area contributed by atoms with E-state index in [9.17, 15) is 4.79 Å². The molecule has 3 heterocycles. The second kappa shape index (κ2) is 6.37. The third kappa shape index (κ3) is 2.88. The summed E-state index contributed by atoms with van der Waals surface area (Å²) in [6, 6.07) is 5.93. The van der Waals surface area contributed by atoms with Gasteiger partial charge in [0.2, 0.25) is 5.91 Å². The van der Waals surface area contributed by atoms with Crippen molar-refractivity contribution in [1.29, 1.82) is 0 Å². The predicted octanol–water partition coefficient (Wildman–Crippen LogP) is 1.24. The largest absolute Gasteiger partial charge is 0.486 e. The first-order valence-corrected chi connectivity index (χ1v) is 8.49. The molecule has 124 valence electrons. The summed E-state index contributed by atoms with van der Waals surface area (Å²) >= 11 is 0. The van der Waals surface area contributed by atoms with Crippen LogP contribution in [0, 0.1) is 5.92 Å². The third-order valence-electron chi connectivity index (χ3n) is 4.89. The maximum atomic E-state index is 12.9. The number of nitrogens with one attached hydrogen (secondary N) is 2. The lowest BCUT2D eigenvalue weighted by atomic mass is 9.92. The molecular formula is C17H23N3O3. The lowest BCUT2D eigenvalue weighted by Crippen LogP contribution is -2.42. The number of likely N-dealkylation sites (tertiary alicyclic amines) is 1. The number of ether oxygens (including phenoxy) is 2. The van der Waals surface area contributed by atoms with Gasteiger partial charge in [-0.3, -0.25) is 10.2 Å². The molecule has 1 amide bonds. The maximum Gasteiger partial charge on any atom is 0.229 e. The fourth-order valence-electron chi connectivity index (χ4n) is 3.65. The fourth-order valence-corrected chi connectivity index (χ4v) is 3.65. The number of rotatable bonds is 2. The summed E-state index contributed by atoms with van der Waals surface area (Å²) in [5.74, 6) is 1.73. The lowest BCUT2D eigenvalue weighted by Gasteiger charge is -2.31. The monoisotopic (exact) mass is 317 g/mol. The van der Waals surface area contributed by atoms with Crippen molar-refractivity contribution < 1.29 is 14.3 Å². The Morgan fingerprint density at radius 2 is 1.87 bits per heavy atom. The molecule has 2 atom stereocenters. The van der Waals surface area contributed by atoms with Crippen LogP contribution in [0.1, 0.15) is 30.9 Å². The number of hydrazine groups is 1. The number of fused-ring (bicyclic) bond motifs is 1. The van der Waals surface area contributed by atoms with Gasteiger partial charge in [0.1, 0.15) is 13.2 Å². The number of piperidine rings is 1. The van der Waals surface area contributed by atoms with Crippen molar-refractivity contribution in [2.24, 2.45) is 5.92 Å². The highest BCUT2D eigenvalue weighted by atomic mass is 16.6. The van der Waals surface area contributed by atoms with E-state index in [-0.39, 0.29) is 17.9 Å². The van der Waals surface area contributed by atoms with Crippen molar-refractivity contribution >= 4 is 5.91 Å². The highest BCUT2D eigenvalue weighted by Gasteiger charge is 2.37. The standard InChI is InChI=1S/C17H23N3O3/c21-17(20-6-2-1-3-7-20)13-11-18-19-16(13)12-4-5-14-15(10-12)23-9-8-22-14/h4-5,10,13,16,18-19H,1-3,6-9,11H2. The lowest BCUT2D eigenvalue weighted by molar-refractivity contribution is -0.136. The highest BCUT2D eigenvalue weighted by molar-refractivity contribution is 5.80. The van der Waals surface area contributed by atoms with E-state index in [0.717, 1.165) is 43.0 Å². The molecule has 1 aromatic rings. The van der Waals surface area contributed by atoms with Gasteiger partial charge in [0, 0.05) is 19.6 Å². The smallest absolute Gasteiger partial charge is 0.229 e. The van der Waals surface area contributed by atoms with E-state index in [2.05, 4.69) is 10.9 Å². The molecule has 3 aliphatic rings. The zero-order valence-electron chi connectivity index (χ0n) is 13.2. The molecule has 0 spiro atoms. The maximum absolute atomic E-state index is 12.9. The molecule has 2 unspecified atom stereocenters. The summed E-state index contributed by atoms with van der Waals surface area (Å²) in [5.41, 5.74) is 7.47. The predicted molar refractivity (Wildman–Crippen MR) is 85.2 cm³/mol. The topological polar surface area (TPSA) is 62.8 Å². The summed E-state index contributed by atoms with van der Waals surface area (Å²) < 4.78 is 11.2. The Balaban J connectivity index is 1.54. The van der Waals surface area contributed by atoms with Crippen LogP contribution >= 0.6 is 0 Å². The van der Waals surface area contributed by atoms with E-state index in [1.54, 1.807) is 0 Å². The third-order valence-corrected chi connectivity index (χ3v) is 4.89. The first kappa shape index (κ1) is 14.8. The first-order chi connectivity index (χ1) is 11.3. The number of amides is 1. The molecule has 0 saturated carbocycles. The van der Waals surface area contributed by atoms with Gasteiger partial charge in [-0.25, -0.2) is 5.43 Å². The molecule has 2 saturated heterocycles. The van der Waals surface area contributed by atoms with Gasteiger partial charge in [-0.15, -0.1) is 0 Å². The van der Waals surface area contributed by atoms with Gasteiger partial charge in [0.05, 0.1) is 12.0 Å². The van der Waals surface area contributed by atoms with Crippen LogP contribution in [0.5, 0.6) is 11.5 Å². The molecule has 2 N–H and O–H groups in total. The van der Waals surface area contributed by atoms with Crippen LogP contribution in [-0.2, 0) is 4.79 Å². The van der Waals surface area contributed by atoms with Gasteiger partial charge in [0.25, 0.3) is 0 Å². The van der Waals surface area contributed by atoms with E-state index in [1.807, 2.05) is 23.1 Å². The Hall–Kier alpha value is -1.79. The van der Waals surface area contributed by atoms with Gasteiger partial charge < -0.3 is 14.4 Å². The second-order valence-corrected chi connectivity index (χ2v) is 6.40. The van der Waals surface area contributed by atoms with Crippen LogP contribution < -0.4 is 20.3 Å². The van der Waals surface area contributed by atoms with Crippen molar-refractivity contribution in [3.05, 3.63) is 23.8 Å². The van der Waals surface area contributed by atoms with Crippen LogP contribution in [0.4, 0.5) is 0 Å². The Bertz CT molecular complexity index is 586. The van der Waals surface area contributed by atoms with Gasteiger partial charge >= 0.3 is 0 Å². The number of carbonyl (C=O) groups is 1. The average molecular weight is 317 g/mol. The second-order valence-electron chi connectivity index (χ2n) is 6.40. The zero-order chi connectivity index (χ0) is 15.6.